The van der Waals surface area contributed by atoms with Crippen molar-refractivity contribution in [2.45, 2.75) is 19.9 Å². The van der Waals surface area contributed by atoms with E-state index in [-0.39, 0.29) is 29.3 Å². The Morgan fingerprint density at radius 1 is 1.25 bits per heavy atom. The van der Waals surface area contributed by atoms with Gasteiger partial charge in [-0.2, -0.15) is 0 Å². The van der Waals surface area contributed by atoms with E-state index in [1.807, 2.05) is 50.2 Å². The van der Waals surface area contributed by atoms with E-state index < -0.39 is 5.90 Å². The van der Waals surface area contributed by atoms with Gasteiger partial charge in [0, 0.05) is 11.9 Å². The second-order valence-corrected chi connectivity index (χ2v) is 8.01. The van der Waals surface area contributed by atoms with Gasteiger partial charge in [-0.15, -0.1) is 0 Å². The molecule has 0 aliphatic carbocycles. The molecule has 2 aromatic heterocycles. The van der Waals surface area contributed by atoms with Crippen molar-refractivity contribution >= 4 is 46.4 Å². The molecule has 0 spiro atoms. The molecule has 1 aromatic carbocycles. The number of aliphatic imine (C=N–C) groups is 2. The average Bonchev–Trinajstić information content (AvgIpc) is 3.38. The first-order valence-electron chi connectivity index (χ1n) is 9.87. The normalized spacial score (nSPS) is 15.7. The zero-order valence-corrected chi connectivity index (χ0v) is 18.3. The number of pyridine rings is 1. The monoisotopic (exact) mass is 448 g/mol. The van der Waals surface area contributed by atoms with Gasteiger partial charge < -0.3 is 5.11 Å². The van der Waals surface area contributed by atoms with Gasteiger partial charge in [0.1, 0.15) is 5.70 Å². The summed E-state index contributed by atoms with van der Waals surface area (Å²) in [5.74, 6) is -0.604. The van der Waals surface area contributed by atoms with Crippen molar-refractivity contribution in [3.8, 4) is 0 Å². The minimum atomic E-state index is -0.424. The molecule has 0 fully saturated rings. The summed E-state index contributed by atoms with van der Waals surface area (Å²) >= 11 is 1.13. The van der Waals surface area contributed by atoms with Crippen molar-refractivity contribution in [2.75, 3.05) is 10.7 Å². The topological polar surface area (TPSA) is 111 Å². The molecule has 10 heteroatoms. The van der Waals surface area contributed by atoms with Crippen molar-refractivity contribution in [3.63, 3.8) is 0 Å². The van der Waals surface area contributed by atoms with E-state index in [2.05, 4.69) is 20.2 Å². The molecule has 0 saturated heterocycles. The number of rotatable bonds is 6. The van der Waals surface area contributed by atoms with Crippen LogP contribution in [-0.4, -0.2) is 33.0 Å². The molecule has 32 heavy (non-hydrogen) atoms. The Hall–Kier alpha value is -3.79. The van der Waals surface area contributed by atoms with E-state index in [1.54, 1.807) is 35.3 Å². The Morgan fingerprint density at radius 3 is 2.72 bits per heavy atom. The quantitative estimate of drug-likeness (QED) is 0.248. The molecule has 3 aromatic rings. The minimum Gasteiger partial charge on any atom is -0.861 e. The first kappa shape index (κ1) is 21.4. The van der Waals surface area contributed by atoms with Crippen LogP contribution in [0.1, 0.15) is 25.6 Å². The summed E-state index contributed by atoms with van der Waals surface area (Å²) in [6.07, 6.45) is 4.83. The van der Waals surface area contributed by atoms with Crippen LogP contribution in [-0.2, 0) is 4.79 Å². The molecule has 4 rings (SSSR count). The fourth-order valence-corrected chi connectivity index (χ4v) is 3.62. The van der Waals surface area contributed by atoms with E-state index in [9.17, 15) is 9.90 Å². The molecule has 0 atom stereocenters. The summed E-state index contributed by atoms with van der Waals surface area (Å²) in [5.41, 5.74) is 1.52. The highest BCUT2D eigenvalue weighted by atomic mass is 32.2. The van der Waals surface area contributed by atoms with Crippen LogP contribution < -0.4 is 14.7 Å². The molecule has 162 valence electrons. The summed E-state index contributed by atoms with van der Waals surface area (Å²) in [7, 11) is 0. The summed E-state index contributed by atoms with van der Waals surface area (Å²) in [6.45, 7) is 3.88. The van der Waals surface area contributed by atoms with Crippen LogP contribution in [0.25, 0.3) is 6.08 Å². The van der Waals surface area contributed by atoms with Crippen molar-refractivity contribution in [2.24, 2.45) is 9.98 Å². The molecule has 0 saturated carbocycles. The first-order valence-corrected chi connectivity index (χ1v) is 10.9. The minimum absolute atomic E-state index is 0.0192. The van der Waals surface area contributed by atoms with Gasteiger partial charge in [-0.25, -0.2) is 9.98 Å². The summed E-state index contributed by atoms with van der Waals surface area (Å²) in [4.78, 5) is 27.2. The number of nitrogens with zero attached hydrogens (tertiary/aromatic N) is 6. The summed E-state index contributed by atoms with van der Waals surface area (Å²) in [5, 5.41) is 16.6. The third kappa shape index (κ3) is 4.92. The van der Waals surface area contributed by atoms with Crippen LogP contribution in [0.15, 0.2) is 81.1 Å². The number of hydrogen-bond donors (Lipinski definition) is 0. The third-order valence-electron chi connectivity index (χ3n) is 4.38. The second kappa shape index (κ2) is 9.56. The van der Waals surface area contributed by atoms with Crippen LogP contribution in [0.3, 0.4) is 0 Å². The summed E-state index contributed by atoms with van der Waals surface area (Å²) in [6, 6.07) is 14.7. The second-order valence-electron chi connectivity index (χ2n) is 7.06. The number of aromatic nitrogens is 3. The zero-order chi connectivity index (χ0) is 22.5. The molecule has 0 bridgehead atoms. The molecule has 0 radical (unpaired) electrons. The van der Waals surface area contributed by atoms with Crippen molar-refractivity contribution in [1.82, 2.24) is 10.3 Å². The maximum absolute atomic E-state index is 13.1. The standard InChI is InChI=1S/C22H20N6O3S/c1-15(2)27-13-20(31-26-27)25-19(29)14-32-22-24-18(12-16-8-6-7-11-23-16)21(30)28(22)17-9-4-3-5-10-17/h3-13,15H,14H2,1-2H3/b18-12+. The van der Waals surface area contributed by atoms with Crippen molar-refractivity contribution in [3.05, 3.63) is 72.3 Å². The Bertz CT molecular complexity index is 1190. The number of carbonyl (C=O) groups excluding carboxylic acids is 1. The Labute approximate surface area is 188 Å². The van der Waals surface area contributed by atoms with E-state index in [4.69, 9.17) is 4.52 Å². The SMILES string of the molecule is CC(C)[n+]1cc(/N=C(\[O-])CSC2=N/C(=C/c3ccccn3)C(=O)N2c2ccccc2)on1. The van der Waals surface area contributed by atoms with Gasteiger partial charge in [0.25, 0.3) is 12.1 Å². The molecule has 1 aliphatic heterocycles. The lowest BCUT2D eigenvalue weighted by Crippen LogP contribution is -2.36. The number of benzene rings is 1. The van der Waals surface area contributed by atoms with E-state index in [1.165, 1.54) is 4.90 Å². The van der Waals surface area contributed by atoms with Gasteiger partial charge >= 0.3 is 5.88 Å². The number of thioether (sulfide) groups is 1. The number of hydrogen-bond acceptors (Lipinski definition) is 8. The Balaban J connectivity index is 1.57. The molecular formula is C22H20N6O3S. The Kier molecular flexibility index (Phi) is 6.41. The molecule has 0 unspecified atom stereocenters. The van der Waals surface area contributed by atoms with Crippen LogP contribution in [0.2, 0.25) is 0 Å². The van der Waals surface area contributed by atoms with Crippen LogP contribution in [0, 0.1) is 0 Å². The molecule has 9 nitrogen and oxygen atoms in total. The summed E-state index contributed by atoms with van der Waals surface area (Å²) < 4.78 is 6.64. The smallest absolute Gasteiger partial charge is 0.320 e. The number of amidine groups is 1. The van der Waals surface area contributed by atoms with Gasteiger partial charge in [-0.3, -0.25) is 19.2 Å². The maximum atomic E-state index is 13.1. The molecule has 1 aliphatic rings. The molecule has 3 heterocycles. The number of anilines is 1. The number of carbonyl (C=O) groups is 1. The lowest BCUT2D eigenvalue weighted by molar-refractivity contribution is -0.779. The van der Waals surface area contributed by atoms with E-state index >= 15 is 0 Å². The molecular weight excluding hydrogens is 428 g/mol. The van der Waals surface area contributed by atoms with Crippen molar-refractivity contribution in [1.29, 1.82) is 0 Å². The van der Waals surface area contributed by atoms with Crippen LogP contribution >= 0.6 is 11.8 Å². The van der Waals surface area contributed by atoms with Gasteiger partial charge in [-0.1, -0.05) is 36.0 Å². The van der Waals surface area contributed by atoms with E-state index in [0.717, 1.165) is 11.8 Å². The maximum Gasteiger partial charge on any atom is 0.320 e. The van der Waals surface area contributed by atoms with Crippen LogP contribution in [0.4, 0.5) is 11.6 Å². The highest BCUT2D eigenvalue weighted by Crippen LogP contribution is 2.29. The predicted octanol–water partition coefficient (Wildman–Crippen LogP) is 2.51. The van der Waals surface area contributed by atoms with Crippen molar-refractivity contribution < 1.29 is 19.1 Å². The van der Waals surface area contributed by atoms with Gasteiger partial charge in [0.15, 0.2) is 11.2 Å². The predicted molar refractivity (Wildman–Crippen MR) is 120 cm³/mol. The molecule has 1 amide bonds. The highest BCUT2D eigenvalue weighted by molar-refractivity contribution is 8.14. The Morgan fingerprint density at radius 2 is 2.03 bits per heavy atom. The first-order chi connectivity index (χ1) is 15.5. The largest absolute Gasteiger partial charge is 0.861 e. The van der Waals surface area contributed by atoms with Gasteiger partial charge in [-0.05, 0) is 54.8 Å². The van der Waals surface area contributed by atoms with E-state index in [0.29, 0.717) is 16.5 Å². The zero-order valence-electron chi connectivity index (χ0n) is 17.5. The molecule has 0 N–H and O–H groups in total. The average molecular weight is 449 g/mol. The van der Waals surface area contributed by atoms with Crippen LogP contribution in [0.5, 0.6) is 0 Å². The number of amides is 1. The fraction of sp³-hybridized carbons (Fsp3) is 0.182. The van der Waals surface area contributed by atoms with Gasteiger partial charge in [0.05, 0.1) is 11.4 Å². The number of para-hydroxylation sites is 1. The highest BCUT2D eigenvalue weighted by Gasteiger charge is 2.31. The van der Waals surface area contributed by atoms with Gasteiger partial charge in [0.2, 0.25) is 5.27 Å². The lowest BCUT2D eigenvalue weighted by Gasteiger charge is -2.18. The third-order valence-corrected chi connectivity index (χ3v) is 5.30. The lowest BCUT2D eigenvalue weighted by atomic mass is 10.2. The fourth-order valence-electron chi connectivity index (χ4n) is 2.82.